The molecule has 4 N–H and O–H groups in total. The molecule has 0 amide bonds. The summed E-state index contributed by atoms with van der Waals surface area (Å²) >= 11 is 6.23. The van der Waals surface area contributed by atoms with Gasteiger partial charge in [-0.3, -0.25) is 9.89 Å². The van der Waals surface area contributed by atoms with E-state index in [0.717, 1.165) is 11.6 Å². The van der Waals surface area contributed by atoms with Gasteiger partial charge in [0.05, 0.1) is 28.4 Å². The minimum atomic E-state index is -0.944. The van der Waals surface area contributed by atoms with Crippen LogP contribution in [0.3, 0.4) is 0 Å². The van der Waals surface area contributed by atoms with Crippen LogP contribution in [0.25, 0.3) is 33.3 Å². The fourth-order valence-electron chi connectivity index (χ4n) is 3.05. The number of rotatable bonds is 3. The Labute approximate surface area is 156 Å². The third-order valence-corrected chi connectivity index (χ3v) is 4.68. The molecule has 0 saturated carbocycles. The number of hydrogen-bond acceptors (Lipinski definition) is 3. The van der Waals surface area contributed by atoms with E-state index in [0.29, 0.717) is 22.8 Å². The average Bonchev–Trinajstić information content (AvgIpc) is 3.15. The van der Waals surface area contributed by atoms with Crippen LogP contribution in [0.1, 0.15) is 5.56 Å². The lowest BCUT2D eigenvalue weighted by Crippen LogP contribution is -2.08. The first-order chi connectivity index (χ1) is 13.0. The van der Waals surface area contributed by atoms with E-state index in [1.54, 1.807) is 18.2 Å². The maximum Gasteiger partial charge on any atom is 0.193 e. The molecule has 0 unspecified atom stereocenters. The fraction of sp³-hybridized carbons (Fsp3) is 0.0526. The van der Waals surface area contributed by atoms with Crippen molar-refractivity contribution in [3.05, 3.63) is 75.2 Å². The second-order valence-corrected chi connectivity index (χ2v) is 6.43. The van der Waals surface area contributed by atoms with Gasteiger partial charge < -0.3 is 10.7 Å². The van der Waals surface area contributed by atoms with Gasteiger partial charge in [-0.15, -0.1) is 0 Å². The molecule has 5 nitrogen and oxygen atoms in total. The van der Waals surface area contributed by atoms with E-state index in [4.69, 9.17) is 17.3 Å². The van der Waals surface area contributed by atoms with Crippen molar-refractivity contribution in [1.29, 1.82) is 0 Å². The van der Waals surface area contributed by atoms with Gasteiger partial charge in [-0.2, -0.15) is 5.10 Å². The van der Waals surface area contributed by atoms with Gasteiger partial charge in [-0.25, -0.2) is 8.78 Å². The Kier molecular flexibility index (Phi) is 4.25. The number of aromatic amines is 2. The predicted molar refractivity (Wildman–Crippen MR) is 100 cm³/mol. The molecule has 0 aliphatic heterocycles. The molecule has 0 aliphatic carbocycles. The Morgan fingerprint density at radius 1 is 1.19 bits per heavy atom. The number of nitrogens with one attached hydrogen (secondary N) is 2. The molecule has 0 atom stereocenters. The van der Waals surface area contributed by atoms with Gasteiger partial charge in [0.25, 0.3) is 0 Å². The Balaban J connectivity index is 1.99. The Bertz CT molecular complexity index is 1220. The summed E-state index contributed by atoms with van der Waals surface area (Å²) in [7, 11) is 0. The van der Waals surface area contributed by atoms with E-state index in [1.165, 1.54) is 18.5 Å². The normalized spacial score (nSPS) is 11.3. The lowest BCUT2D eigenvalue weighted by atomic mass is 10.0. The van der Waals surface area contributed by atoms with E-state index in [-0.39, 0.29) is 22.0 Å². The van der Waals surface area contributed by atoms with Gasteiger partial charge in [0.2, 0.25) is 0 Å². The van der Waals surface area contributed by atoms with Crippen LogP contribution >= 0.6 is 11.6 Å². The summed E-state index contributed by atoms with van der Waals surface area (Å²) in [5.74, 6) is -1.75. The number of H-pyrrole nitrogens is 2. The first-order valence-electron chi connectivity index (χ1n) is 8.02. The first-order valence-corrected chi connectivity index (χ1v) is 8.40. The third-order valence-electron chi connectivity index (χ3n) is 4.35. The second kappa shape index (κ2) is 6.61. The van der Waals surface area contributed by atoms with Crippen molar-refractivity contribution < 1.29 is 8.78 Å². The standard InChI is InChI=1S/C19H13ClF2N4O/c20-12-2-1-9(6-23)3-11(12)14-5-16(27)18-15(26-14)4-13(21)17(19(18)22)10-7-24-25-8-10/h1-5,7-8H,6,23H2,(H,24,25)(H,26,27). The number of hydrogen-bond donors (Lipinski definition) is 3. The Morgan fingerprint density at radius 3 is 2.70 bits per heavy atom. The summed E-state index contributed by atoms with van der Waals surface area (Å²) in [4.78, 5) is 15.5. The number of benzene rings is 2. The topological polar surface area (TPSA) is 87.6 Å². The second-order valence-electron chi connectivity index (χ2n) is 6.02. The van der Waals surface area contributed by atoms with Crippen LogP contribution in [-0.2, 0) is 6.54 Å². The molecular weight excluding hydrogens is 374 g/mol. The monoisotopic (exact) mass is 386 g/mol. The van der Waals surface area contributed by atoms with Gasteiger partial charge in [0, 0.05) is 35.0 Å². The maximum absolute atomic E-state index is 14.9. The number of nitrogens with two attached hydrogens (primary N) is 1. The van der Waals surface area contributed by atoms with Crippen LogP contribution in [0.4, 0.5) is 8.78 Å². The molecule has 0 fully saturated rings. The van der Waals surface area contributed by atoms with E-state index in [9.17, 15) is 13.6 Å². The Hall–Kier alpha value is -3.03. The molecule has 0 radical (unpaired) electrons. The predicted octanol–water partition coefficient (Wildman–Crippen LogP) is 3.98. The smallest absolute Gasteiger partial charge is 0.193 e. The van der Waals surface area contributed by atoms with Crippen molar-refractivity contribution in [2.45, 2.75) is 6.54 Å². The number of halogens is 3. The minimum Gasteiger partial charge on any atom is -0.354 e. The zero-order valence-corrected chi connectivity index (χ0v) is 14.6. The number of pyridine rings is 1. The van der Waals surface area contributed by atoms with Crippen LogP contribution in [0.5, 0.6) is 0 Å². The van der Waals surface area contributed by atoms with Gasteiger partial charge in [-0.05, 0) is 23.8 Å². The molecule has 136 valence electrons. The summed E-state index contributed by atoms with van der Waals surface area (Å²) in [6.45, 7) is 0.291. The third kappa shape index (κ3) is 2.90. The fourth-order valence-corrected chi connectivity index (χ4v) is 3.27. The van der Waals surface area contributed by atoms with E-state index in [1.807, 2.05) is 0 Å². The van der Waals surface area contributed by atoms with Crippen molar-refractivity contribution in [1.82, 2.24) is 15.2 Å². The highest BCUT2D eigenvalue weighted by molar-refractivity contribution is 6.33. The molecule has 0 bridgehead atoms. The van der Waals surface area contributed by atoms with Crippen LogP contribution < -0.4 is 11.2 Å². The lowest BCUT2D eigenvalue weighted by molar-refractivity contribution is 0.597. The summed E-state index contributed by atoms with van der Waals surface area (Å²) in [6, 6.07) is 7.48. The quantitative estimate of drug-likeness (QED) is 0.497. The number of nitrogens with zero attached hydrogens (tertiary/aromatic N) is 1. The summed E-state index contributed by atoms with van der Waals surface area (Å²) < 4.78 is 29.5. The van der Waals surface area contributed by atoms with Crippen LogP contribution in [-0.4, -0.2) is 15.2 Å². The summed E-state index contributed by atoms with van der Waals surface area (Å²) in [5.41, 5.74) is 6.69. The molecule has 4 aromatic rings. The zero-order valence-electron chi connectivity index (χ0n) is 13.8. The molecule has 4 rings (SSSR count). The van der Waals surface area contributed by atoms with E-state index in [2.05, 4.69) is 15.2 Å². The highest BCUT2D eigenvalue weighted by Gasteiger charge is 2.20. The van der Waals surface area contributed by atoms with Gasteiger partial charge in [0.1, 0.15) is 11.6 Å². The average molecular weight is 387 g/mol. The van der Waals surface area contributed by atoms with Gasteiger partial charge in [0.15, 0.2) is 5.43 Å². The van der Waals surface area contributed by atoms with E-state index < -0.39 is 17.1 Å². The molecule has 0 spiro atoms. The largest absolute Gasteiger partial charge is 0.354 e. The highest BCUT2D eigenvalue weighted by Crippen LogP contribution is 2.32. The van der Waals surface area contributed by atoms with Crippen molar-refractivity contribution >= 4 is 22.5 Å². The molecule has 0 saturated heterocycles. The summed E-state index contributed by atoms with van der Waals surface area (Å²) in [5, 5.41) is 6.35. The molecule has 27 heavy (non-hydrogen) atoms. The van der Waals surface area contributed by atoms with Crippen molar-refractivity contribution in [2.75, 3.05) is 0 Å². The molecule has 8 heteroatoms. The highest BCUT2D eigenvalue weighted by atomic mass is 35.5. The van der Waals surface area contributed by atoms with Gasteiger partial charge in [-0.1, -0.05) is 17.7 Å². The van der Waals surface area contributed by atoms with Gasteiger partial charge >= 0.3 is 0 Å². The van der Waals surface area contributed by atoms with Crippen LogP contribution in [0.15, 0.2) is 47.5 Å². The Morgan fingerprint density at radius 2 is 2.00 bits per heavy atom. The molecule has 2 heterocycles. The zero-order chi connectivity index (χ0) is 19.1. The minimum absolute atomic E-state index is 0.0361. The van der Waals surface area contributed by atoms with Crippen molar-refractivity contribution in [3.8, 4) is 22.4 Å². The molecule has 0 aliphatic rings. The SMILES string of the molecule is NCc1ccc(Cl)c(-c2cc(=O)c3c(F)c(-c4cn[nH]c4)c(F)cc3[nH]2)c1. The number of aromatic nitrogens is 3. The molecule has 2 aromatic carbocycles. The first kappa shape index (κ1) is 17.4. The summed E-state index contributed by atoms with van der Waals surface area (Å²) in [6.07, 6.45) is 2.64. The van der Waals surface area contributed by atoms with E-state index >= 15 is 0 Å². The molecule has 2 aromatic heterocycles. The maximum atomic E-state index is 14.9. The van der Waals surface area contributed by atoms with Crippen molar-refractivity contribution in [2.24, 2.45) is 5.73 Å². The number of fused-ring (bicyclic) bond motifs is 1. The molecular formula is C19H13ClF2N4O. The van der Waals surface area contributed by atoms with Crippen LogP contribution in [0.2, 0.25) is 5.02 Å². The van der Waals surface area contributed by atoms with Crippen LogP contribution in [0, 0.1) is 11.6 Å². The lowest BCUT2D eigenvalue weighted by Gasteiger charge is -2.11. The van der Waals surface area contributed by atoms with Crippen molar-refractivity contribution in [3.63, 3.8) is 0 Å².